The molecule has 0 bridgehead atoms. The number of amides is 1. The highest BCUT2D eigenvalue weighted by atomic mass is 16.5. The van der Waals surface area contributed by atoms with Crippen LogP contribution in [0.2, 0.25) is 0 Å². The number of carbonyl (C=O) groups excluding carboxylic acids is 1. The van der Waals surface area contributed by atoms with E-state index in [0.29, 0.717) is 36.2 Å². The van der Waals surface area contributed by atoms with Crippen LogP contribution in [-0.2, 0) is 29.6 Å². The van der Waals surface area contributed by atoms with Crippen molar-refractivity contribution in [2.45, 2.75) is 45.6 Å². The molecule has 0 atom stereocenters. The van der Waals surface area contributed by atoms with Gasteiger partial charge in [-0.2, -0.15) is 9.97 Å². The van der Waals surface area contributed by atoms with E-state index in [1.165, 1.54) is 5.56 Å². The van der Waals surface area contributed by atoms with Gasteiger partial charge in [0, 0.05) is 37.5 Å². The van der Waals surface area contributed by atoms with Gasteiger partial charge in [0.1, 0.15) is 11.4 Å². The molecule has 10 heteroatoms. The second kappa shape index (κ2) is 11.4. The first-order valence-electron chi connectivity index (χ1n) is 12.4. The van der Waals surface area contributed by atoms with Gasteiger partial charge in [0.15, 0.2) is 5.82 Å². The zero-order valence-electron chi connectivity index (χ0n) is 22.1. The van der Waals surface area contributed by atoms with Crippen LogP contribution in [0.5, 0.6) is 0 Å². The number of rotatable bonds is 5. The van der Waals surface area contributed by atoms with E-state index in [2.05, 4.69) is 25.4 Å². The Bertz CT molecular complexity index is 1400. The van der Waals surface area contributed by atoms with Crippen molar-refractivity contribution in [3.63, 3.8) is 0 Å². The molecule has 38 heavy (non-hydrogen) atoms. The summed E-state index contributed by atoms with van der Waals surface area (Å²) < 4.78 is 5.32. The molecule has 4 aromatic rings. The minimum Gasteiger partial charge on any atom is -0.396 e. The number of nitrogens with two attached hydrogens (primary N) is 1. The third kappa shape index (κ3) is 6.51. The number of nitrogen functional groups attached to an aromatic ring is 1. The van der Waals surface area contributed by atoms with Crippen molar-refractivity contribution in [1.82, 2.24) is 25.0 Å². The normalized spacial score (nSPS) is 13.0. The topological polar surface area (TPSA) is 143 Å². The van der Waals surface area contributed by atoms with Crippen LogP contribution in [0, 0.1) is 0 Å². The fourth-order valence-corrected chi connectivity index (χ4v) is 3.83. The Kier molecular flexibility index (Phi) is 8.02. The van der Waals surface area contributed by atoms with Gasteiger partial charge in [-0.05, 0) is 35.2 Å². The van der Waals surface area contributed by atoms with Crippen LogP contribution in [-0.4, -0.2) is 49.7 Å². The zero-order chi connectivity index (χ0) is 27.3. The van der Waals surface area contributed by atoms with E-state index in [4.69, 9.17) is 15.4 Å². The lowest BCUT2D eigenvalue weighted by molar-refractivity contribution is -0.130. The predicted octanol–water partition coefficient (Wildman–Crippen LogP) is 3.89. The van der Waals surface area contributed by atoms with E-state index < -0.39 is 0 Å². The van der Waals surface area contributed by atoms with Gasteiger partial charge in [-0.25, -0.2) is 4.98 Å². The Balaban J connectivity index is 0.000000317. The number of hydrogen-bond donors (Lipinski definition) is 3. The predicted molar refractivity (Wildman–Crippen MR) is 146 cm³/mol. The summed E-state index contributed by atoms with van der Waals surface area (Å²) in [6.07, 6.45) is 2.75. The number of aliphatic hydroxyl groups excluding tert-OH is 1. The first-order valence-corrected chi connectivity index (χ1v) is 12.4. The van der Waals surface area contributed by atoms with E-state index in [-0.39, 0.29) is 23.7 Å². The second-order valence-corrected chi connectivity index (χ2v) is 10.2. The number of nitrogens with zero attached hydrogens (tertiary/aromatic N) is 5. The smallest absolute Gasteiger partial charge is 0.263 e. The van der Waals surface area contributed by atoms with Gasteiger partial charge in [-0.3, -0.25) is 4.79 Å². The highest BCUT2D eigenvalue weighted by molar-refractivity contribution is 5.81. The fraction of sp³-hybridized carbons (Fsp3) is 0.321. The number of anilines is 3. The lowest BCUT2D eigenvalue weighted by atomic mass is 9.96. The minimum absolute atomic E-state index is 0.126. The monoisotopic (exact) mass is 515 g/mol. The van der Waals surface area contributed by atoms with Gasteiger partial charge in [0.25, 0.3) is 5.89 Å². The van der Waals surface area contributed by atoms with Crippen LogP contribution in [0.15, 0.2) is 59.3 Å². The highest BCUT2D eigenvalue weighted by Gasteiger charge is 2.23. The molecule has 0 saturated heterocycles. The molecule has 0 aliphatic carbocycles. The second-order valence-electron chi connectivity index (χ2n) is 10.2. The Morgan fingerprint density at radius 2 is 1.87 bits per heavy atom. The van der Waals surface area contributed by atoms with Gasteiger partial charge in [-0.1, -0.05) is 62.3 Å². The average Bonchev–Trinajstić information content (AvgIpc) is 3.37. The van der Waals surface area contributed by atoms with E-state index in [9.17, 15) is 4.79 Å². The van der Waals surface area contributed by atoms with Crippen LogP contribution in [0.25, 0.3) is 11.5 Å². The minimum atomic E-state index is -0.232. The number of hydrogen-bond acceptors (Lipinski definition) is 9. The van der Waals surface area contributed by atoms with Crippen LogP contribution < -0.4 is 11.1 Å². The highest BCUT2D eigenvalue weighted by Crippen LogP contribution is 2.28. The molecule has 0 fully saturated rings. The maximum absolute atomic E-state index is 11.8. The summed E-state index contributed by atoms with van der Waals surface area (Å²) in [6, 6.07) is 15.8. The standard InChI is InChI=1S/C20H23N7O2.C8H10O/c1-20(2,3)18-25-17(29-26-18)14-9-22-19(24-16(14)21)23-13-6-5-11-8-15(28)27(4)10-12(11)7-13;9-7-6-8-4-2-1-3-5-8/h5-7,9H,8,10H2,1-4H3,(H3,21,22,23,24);1-5,9H,6-7H2. The molecule has 198 valence electrons. The molecule has 0 spiro atoms. The summed E-state index contributed by atoms with van der Waals surface area (Å²) >= 11 is 0. The Labute approximate surface area is 221 Å². The van der Waals surface area contributed by atoms with Crippen molar-refractivity contribution in [3.05, 3.63) is 77.2 Å². The van der Waals surface area contributed by atoms with Gasteiger partial charge >= 0.3 is 0 Å². The van der Waals surface area contributed by atoms with Crippen molar-refractivity contribution < 1.29 is 14.4 Å². The molecular weight excluding hydrogens is 482 g/mol. The van der Waals surface area contributed by atoms with Crippen molar-refractivity contribution >= 4 is 23.4 Å². The number of aromatic nitrogens is 4. The molecule has 1 aliphatic rings. The molecule has 1 aliphatic heterocycles. The zero-order valence-corrected chi connectivity index (χ0v) is 22.1. The number of likely N-dealkylation sites (N-methyl/N-ethyl adjacent to an activating group) is 1. The Morgan fingerprint density at radius 3 is 2.53 bits per heavy atom. The van der Waals surface area contributed by atoms with Crippen molar-refractivity contribution in [1.29, 1.82) is 0 Å². The fourth-order valence-electron chi connectivity index (χ4n) is 3.83. The van der Waals surface area contributed by atoms with Crippen LogP contribution in [0.1, 0.15) is 43.3 Å². The third-order valence-electron chi connectivity index (χ3n) is 6.03. The van der Waals surface area contributed by atoms with E-state index in [0.717, 1.165) is 23.2 Å². The first kappa shape index (κ1) is 26.7. The lowest BCUT2D eigenvalue weighted by Crippen LogP contribution is -2.32. The van der Waals surface area contributed by atoms with E-state index in [1.54, 1.807) is 18.1 Å². The first-order chi connectivity index (χ1) is 18.1. The molecule has 2 aromatic carbocycles. The molecule has 10 nitrogen and oxygen atoms in total. The molecule has 3 heterocycles. The molecule has 1 amide bonds. The van der Waals surface area contributed by atoms with Gasteiger partial charge in [0.2, 0.25) is 11.9 Å². The maximum atomic E-state index is 11.8. The summed E-state index contributed by atoms with van der Waals surface area (Å²) in [5.74, 6) is 1.62. The molecule has 0 saturated carbocycles. The summed E-state index contributed by atoms with van der Waals surface area (Å²) in [5, 5.41) is 15.7. The van der Waals surface area contributed by atoms with Gasteiger partial charge in [-0.15, -0.1) is 0 Å². The number of fused-ring (bicyclic) bond motifs is 1. The molecular formula is C28H33N7O3. The largest absolute Gasteiger partial charge is 0.396 e. The summed E-state index contributed by atoms with van der Waals surface area (Å²) in [7, 11) is 1.80. The maximum Gasteiger partial charge on any atom is 0.263 e. The summed E-state index contributed by atoms with van der Waals surface area (Å²) in [5.41, 5.74) is 10.5. The molecule has 4 N–H and O–H groups in total. The van der Waals surface area contributed by atoms with Gasteiger partial charge in [0.05, 0.1) is 6.42 Å². The number of nitrogens with one attached hydrogen (secondary N) is 1. The number of aliphatic hydroxyl groups is 1. The van der Waals surface area contributed by atoms with Crippen LogP contribution in [0.3, 0.4) is 0 Å². The van der Waals surface area contributed by atoms with Crippen LogP contribution in [0.4, 0.5) is 17.5 Å². The molecule has 0 unspecified atom stereocenters. The molecule has 0 radical (unpaired) electrons. The summed E-state index contributed by atoms with van der Waals surface area (Å²) in [4.78, 5) is 26.6. The number of carbonyl (C=O) groups is 1. The SMILES string of the molecule is CN1Cc2cc(Nc3ncc(-c4nc(C(C)(C)C)no4)c(N)n3)ccc2CC1=O.OCCc1ccccc1. The molecule has 2 aromatic heterocycles. The lowest BCUT2D eigenvalue weighted by Gasteiger charge is -2.25. The van der Waals surface area contributed by atoms with Crippen molar-refractivity contribution in [3.8, 4) is 11.5 Å². The van der Waals surface area contributed by atoms with E-state index >= 15 is 0 Å². The Morgan fingerprint density at radius 1 is 1.11 bits per heavy atom. The van der Waals surface area contributed by atoms with Crippen molar-refractivity contribution in [2.75, 3.05) is 24.7 Å². The van der Waals surface area contributed by atoms with Gasteiger partial charge < -0.3 is 25.6 Å². The third-order valence-corrected chi connectivity index (χ3v) is 6.03. The van der Waals surface area contributed by atoms with E-state index in [1.807, 2.05) is 69.3 Å². The van der Waals surface area contributed by atoms with Crippen LogP contribution >= 0.6 is 0 Å². The quantitative estimate of drug-likeness (QED) is 0.361. The summed E-state index contributed by atoms with van der Waals surface area (Å²) in [6.45, 7) is 6.82. The number of benzene rings is 2. The van der Waals surface area contributed by atoms with Crippen molar-refractivity contribution in [2.24, 2.45) is 0 Å². The Hall–Kier alpha value is -4.31. The molecule has 5 rings (SSSR count). The average molecular weight is 516 g/mol.